The lowest BCUT2D eigenvalue weighted by Gasteiger charge is -2.29. The summed E-state index contributed by atoms with van der Waals surface area (Å²) in [6.07, 6.45) is 0.174. The van der Waals surface area contributed by atoms with Crippen LogP contribution in [0.4, 0.5) is 0 Å². The summed E-state index contributed by atoms with van der Waals surface area (Å²) in [5.41, 5.74) is 2.40. The molecule has 1 aliphatic rings. The Kier molecular flexibility index (Phi) is 4.65. The predicted octanol–water partition coefficient (Wildman–Crippen LogP) is 2.78. The molecule has 0 bridgehead atoms. The first kappa shape index (κ1) is 13.8. The van der Waals surface area contributed by atoms with Gasteiger partial charge in [-0.3, -0.25) is 0 Å². The second-order valence-electron chi connectivity index (χ2n) is 4.94. The third kappa shape index (κ3) is 3.46. The molecule has 1 atom stereocenters. The fraction of sp³-hybridized carbons (Fsp3) is 0.571. The quantitative estimate of drug-likeness (QED) is 0.856. The lowest BCUT2D eigenvalue weighted by molar-refractivity contribution is -0.0403. The van der Waals surface area contributed by atoms with Gasteiger partial charge in [-0.2, -0.15) is 0 Å². The minimum absolute atomic E-state index is 0.174. The van der Waals surface area contributed by atoms with E-state index in [1.54, 1.807) is 0 Å². The molecule has 2 rings (SSSR count). The van der Waals surface area contributed by atoms with Crippen molar-refractivity contribution >= 4 is 15.9 Å². The third-order valence-corrected chi connectivity index (χ3v) is 4.44. The monoisotopic (exact) mass is 313 g/mol. The van der Waals surface area contributed by atoms with Crippen LogP contribution in [-0.4, -0.2) is 44.4 Å². The fourth-order valence-corrected chi connectivity index (χ4v) is 2.38. The summed E-state index contributed by atoms with van der Waals surface area (Å²) < 4.78 is 12.7. The Hall–Kier alpha value is -0.580. The number of nitrogens with zero attached hydrogens (tertiary/aromatic N) is 1. The van der Waals surface area contributed by atoms with Crippen molar-refractivity contribution in [3.8, 4) is 5.75 Å². The average Bonchev–Trinajstić information content (AvgIpc) is 2.33. The minimum Gasteiger partial charge on any atom is -0.491 e. The number of hydrogen-bond acceptors (Lipinski definition) is 3. The van der Waals surface area contributed by atoms with Crippen molar-refractivity contribution in [1.29, 1.82) is 0 Å². The minimum atomic E-state index is 0.174. The molecule has 1 aromatic rings. The van der Waals surface area contributed by atoms with Gasteiger partial charge in [0.2, 0.25) is 0 Å². The van der Waals surface area contributed by atoms with Gasteiger partial charge in [0.05, 0.1) is 6.61 Å². The fourth-order valence-electron chi connectivity index (χ4n) is 2.15. The first-order valence-corrected chi connectivity index (χ1v) is 7.05. The van der Waals surface area contributed by atoms with E-state index in [1.807, 2.05) is 0 Å². The number of ether oxygens (including phenoxy) is 2. The zero-order chi connectivity index (χ0) is 13.1. The van der Waals surface area contributed by atoms with Crippen molar-refractivity contribution in [2.45, 2.75) is 20.0 Å². The van der Waals surface area contributed by atoms with Crippen LogP contribution in [-0.2, 0) is 4.74 Å². The summed E-state index contributed by atoms with van der Waals surface area (Å²) in [5, 5.41) is 0. The van der Waals surface area contributed by atoms with Crippen LogP contribution in [0.3, 0.4) is 0 Å². The van der Waals surface area contributed by atoms with Crippen LogP contribution in [0.2, 0.25) is 0 Å². The molecule has 1 aromatic carbocycles. The van der Waals surface area contributed by atoms with Crippen LogP contribution < -0.4 is 4.74 Å². The molecule has 1 saturated heterocycles. The standard InChI is InChI=1S/C14H20BrNO2/c1-10-6-12(7-11(2)14(10)15)18-9-13-8-16(3)4-5-17-13/h6-7,13H,4-5,8-9H2,1-3H3. The lowest BCUT2D eigenvalue weighted by Crippen LogP contribution is -2.42. The zero-order valence-electron chi connectivity index (χ0n) is 11.2. The molecule has 100 valence electrons. The van der Waals surface area contributed by atoms with E-state index in [2.05, 4.69) is 53.9 Å². The Morgan fingerprint density at radius 1 is 1.39 bits per heavy atom. The van der Waals surface area contributed by atoms with Gasteiger partial charge in [-0.1, -0.05) is 15.9 Å². The van der Waals surface area contributed by atoms with Gasteiger partial charge in [0.25, 0.3) is 0 Å². The van der Waals surface area contributed by atoms with E-state index in [9.17, 15) is 0 Å². The highest BCUT2D eigenvalue weighted by molar-refractivity contribution is 9.10. The molecule has 0 amide bonds. The number of morpholine rings is 1. The van der Waals surface area contributed by atoms with Crippen LogP contribution in [0.1, 0.15) is 11.1 Å². The highest BCUT2D eigenvalue weighted by Gasteiger charge is 2.18. The molecule has 0 spiro atoms. The van der Waals surface area contributed by atoms with Crippen molar-refractivity contribution in [1.82, 2.24) is 4.90 Å². The van der Waals surface area contributed by atoms with Crippen molar-refractivity contribution in [2.24, 2.45) is 0 Å². The summed E-state index contributed by atoms with van der Waals surface area (Å²) in [6, 6.07) is 4.12. The van der Waals surface area contributed by atoms with Crippen molar-refractivity contribution in [2.75, 3.05) is 33.4 Å². The summed E-state index contributed by atoms with van der Waals surface area (Å²) >= 11 is 3.56. The maximum absolute atomic E-state index is 5.84. The van der Waals surface area contributed by atoms with Crippen molar-refractivity contribution in [3.63, 3.8) is 0 Å². The molecule has 1 aliphatic heterocycles. The van der Waals surface area contributed by atoms with Gasteiger partial charge in [0, 0.05) is 17.6 Å². The van der Waals surface area contributed by atoms with Gasteiger partial charge in [-0.15, -0.1) is 0 Å². The molecule has 1 heterocycles. The number of rotatable bonds is 3. The van der Waals surface area contributed by atoms with Gasteiger partial charge >= 0.3 is 0 Å². The van der Waals surface area contributed by atoms with E-state index in [1.165, 1.54) is 11.1 Å². The first-order chi connectivity index (χ1) is 8.56. The molecule has 0 radical (unpaired) electrons. The molecule has 0 aromatic heterocycles. The molecule has 4 heteroatoms. The van der Waals surface area contributed by atoms with E-state index in [0.29, 0.717) is 6.61 Å². The molecule has 0 saturated carbocycles. The number of aryl methyl sites for hydroxylation is 2. The average molecular weight is 314 g/mol. The van der Waals surface area contributed by atoms with E-state index in [0.717, 1.165) is 29.9 Å². The van der Waals surface area contributed by atoms with Gasteiger partial charge in [0.1, 0.15) is 18.5 Å². The predicted molar refractivity (Wildman–Crippen MR) is 76.3 cm³/mol. The maximum atomic E-state index is 5.84. The van der Waals surface area contributed by atoms with E-state index < -0.39 is 0 Å². The summed E-state index contributed by atoms with van der Waals surface area (Å²) in [4.78, 5) is 2.27. The molecule has 18 heavy (non-hydrogen) atoms. The first-order valence-electron chi connectivity index (χ1n) is 6.26. The van der Waals surface area contributed by atoms with Crippen molar-refractivity contribution in [3.05, 3.63) is 27.7 Å². The second-order valence-corrected chi connectivity index (χ2v) is 5.73. The maximum Gasteiger partial charge on any atom is 0.120 e. The number of halogens is 1. The lowest BCUT2D eigenvalue weighted by atomic mass is 10.1. The molecular formula is C14H20BrNO2. The Labute approximate surface area is 117 Å². The Morgan fingerprint density at radius 3 is 2.67 bits per heavy atom. The van der Waals surface area contributed by atoms with E-state index >= 15 is 0 Å². The SMILES string of the molecule is Cc1cc(OCC2CN(C)CCO2)cc(C)c1Br. The number of likely N-dealkylation sites (N-methyl/N-ethyl adjacent to an activating group) is 1. The van der Waals surface area contributed by atoms with Crippen LogP contribution in [0.25, 0.3) is 0 Å². The highest BCUT2D eigenvalue weighted by atomic mass is 79.9. The number of hydrogen-bond donors (Lipinski definition) is 0. The normalized spacial score (nSPS) is 21.0. The Morgan fingerprint density at radius 2 is 2.06 bits per heavy atom. The molecule has 3 nitrogen and oxygen atoms in total. The van der Waals surface area contributed by atoms with E-state index in [-0.39, 0.29) is 6.10 Å². The molecule has 1 unspecified atom stereocenters. The van der Waals surface area contributed by atoms with Crippen LogP contribution in [0.15, 0.2) is 16.6 Å². The van der Waals surface area contributed by atoms with E-state index in [4.69, 9.17) is 9.47 Å². The van der Waals surface area contributed by atoms with Gasteiger partial charge in [-0.05, 0) is 44.2 Å². The summed E-state index contributed by atoms with van der Waals surface area (Å²) in [6.45, 7) is 7.51. The van der Waals surface area contributed by atoms with Gasteiger partial charge < -0.3 is 14.4 Å². The Balaban J connectivity index is 1.94. The molecule has 0 aliphatic carbocycles. The topological polar surface area (TPSA) is 21.7 Å². The van der Waals surface area contributed by atoms with Crippen molar-refractivity contribution < 1.29 is 9.47 Å². The summed E-state index contributed by atoms with van der Waals surface area (Å²) in [7, 11) is 2.11. The molecular weight excluding hydrogens is 294 g/mol. The van der Waals surface area contributed by atoms with Gasteiger partial charge in [0.15, 0.2) is 0 Å². The number of benzene rings is 1. The third-order valence-electron chi connectivity index (χ3n) is 3.19. The zero-order valence-corrected chi connectivity index (χ0v) is 12.8. The van der Waals surface area contributed by atoms with Crippen LogP contribution in [0, 0.1) is 13.8 Å². The largest absolute Gasteiger partial charge is 0.491 e. The molecule has 1 fully saturated rings. The smallest absolute Gasteiger partial charge is 0.120 e. The van der Waals surface area contributed by atoms with Crippen LogP contribution in [0.5, 0.6) is 5.75 Å². The Bertz CT molecular complexity index is 399. The van der Waals surface area contributed by atoms with Crippen LogP contribution >= 0.6 is 15.9 Å². The highest BCUT2D eigenvalue weighted by Crippen LogP contribution is 2.26. The second kappa shape index (κ2) is 6.04. The summed E-state index contributed by atoms with van der Waals surface area (Å²) in [5.74, 6) is 0.921. The van der Waals surface area contributed by atoms with Gasteiger partial charge in [-0.25, -0.2) is 0 Å². The molecule has 0 N–H and O–H groups in total.